The van der Waals surface area contributed by atoms with Crippen LogP contribution < -0.4 is 5.73 Å². The minimum Gasteiger partial charge on any atom is -0.397 e. The summed E-state index contributed by atoms with van der Waals surface area (Å²) in [4.78, 5) is 0. The molecule has 0 unspecified atom stereocenters. The van der Waals surface area contributed by atoms with E-state index in [0.717, 1.165) is 25.7 Å². The molecule has 0 heterocycles. The number of aryl methyl sites for hydroxylation is 1. The van der Waals surface area contributed by atoms with Crippen LogP contribution in [0.5, 0.6) is 0 Å². The highest BCUT2D eigenvalue weighted by atomic mass is 19.1. The third-order valence-corrected chi connectivity index (χ3v) is 2.77. The van der Waals surface area contributed by atoms with Crippen LogP contribution in [0.2, 0.25) is 0 Å². The molecule has 1 aromatic rings. The zero-order valence-electron chi connectivity index (χ0n) is 10.4. The predicted molar refractivity (Wildman–Crippen MR) is 71.1 cm³/mol. The molecule has 0 spiro atoms. The second kappa shape index (κ2) is 6.89. The summed E-state index contributed by atoms with van der Waals surface area (Å²) in [7, 11) is 0. The quantitative estimate of drug-likeness (QED) is 0.580. The zero-order chi connectivity index (χ0) is 12.7. The van der Waals surface area contributed by atoms with Crippen molar-refractivity contribution in [3.05, 3.63) is 59.6 Å². The summed E-state index contributed by atoms with van der Waals surface area (Å²) in [5.41, 5.74) is 7.37. The van der Waals surface area contributed by atoms with Crippen LogP contribution >= 0.6 is 0 Å². The van der Waals surface area contributed by atoms with Gasteiger partial charge in [0, 0.05) is 0 Å². The molecule has 0 aromatic heterocycles. The fourth-order valence-corrected chi connectivity index (χ4v) is 1.75. The van der Waals surface area contributed by atoms with E-state index in [0.29, 0.717) is 5.57 Å². The van der Waals surface area contributed by atoms with E-state index in [9.17, 15) is 4.39 Å². The Morgan fingerprint density at radius 2 is 1.88 bits per heavy atom. The van der Waals surface area contributed by atoms with Gasteiger partial charge >= 0.3 is 0 Å². The first-order chi connectivity index (χ1) is 8.11. The summed E-state index contributed by atoms with van der Waals surface area (Å²) in [6, 6.07) is 10.3. The first-order valence-electron chi connectivity index (χ1n) is 5.95. The maximum atomic E-state index is 13.3. The summed E-state index contributed by atoms with van der Waals surface area (Å²) in [6.07, 6.45) is 3.82. The normalized spacial score (nSPS) is 12.1. The van der Waals surface area contributed by atoms with Gasteiger partial charge in [-0.15, -0.1) is 0 Å². The molecule has 92 valence electrons. The Hall–Kier alpha value is -1.57. The topological polar surface area (TPSA) is 26.0 Å². The Labute approximate surface area is 103 Å². The molecule has 0 aliphatic rings. The van der Waals surface area contributed by atoms with E-state index >= 15 is 0 Å². The number of benzene rings is 1. The number of unbranched alkanes of at least 4 members (excludes halogenated alkanes) is 1. The number of allylic oxidation sites excluding steroid dienone is 2. The van der Waals surface area contributed by atoms with Crippen LogP contribution in [-0.2, 0) is 6.42 Å². The number of halogens is 1. The van der Waals surface area contributed by atoms with Crippen LogP contribution in [0.1, 0.15) is 31.7 Å². The van der Waals surface area contributed by atoms with Gasteiger partial charge in [-0.1, -0.05) is 36.9 Å². The molecule has 17 heavy (non-hydrogen) atoms. The van der Waals surface area contributed by atoms with Crippen LogP contribution in [0.3, 0.4) is 0 Å². The maximum absolute atomic E-state index is 13.3. The molecule has 2 N–H and O–H groups in total. The van der Waals surface area contributed by atoms with Crippen molar-refractivity contribution < 1.29 is 4.39 Å². The number of rotatable bonds is 6. The van der Waals surface area contributed by atoms with Gasteiger partial charge in [0.1, 0.15) is 5.83 Å². The molecule has 0 saturated carbocycles. The summed E-state index contributed by atoms with van der Waals surface area (Å²) in [6.45, 7) is 5.17. The average Bonchev–Trinajstić information content (AvgIpc) is 2.34. The first kappa shape index (κ1) is 13.5. The molecule has 2 heteroatoms. The zero-order valence-corrected chi connectivity index (χ0v) is 10.4. The molecule has 0 radical (unpaired) electrons. The molecular formula is C15H20FN. The lowest BCUT2D eigenvalue weighted by Gasteiger charge is -2.04. The highest BCUT2D eigenvalue weighted by Gasteiger charge is 2.02. The summed E-state index contributed by atoms with van der Waals surface area (Å²) < 4.78 is 13.3. The Bertz CT molecular complexity index is 393. The highest BCUT2D eigenvalue weighted by Crippen LogP contribution is 2.17. The van der Waals surface area contributed by atoms with Gasteiger partial charge in [0.05, 0.1) is 5.70 Å². The largest absolute Gasteiger partial charge is 0.397 e. The van der Waals surface area contributed by atoms with Crippen molar-refractivity contribution in [3.8, 4) is 0 Å². The van der Waals surface area contributed by atoms with E-state index in [2.05, 4.69) is 18.7 Å². The molecule has 0 aliphatic heterocycles. The van der Waals surface area contributed by atoms with E-state index < -0.39 is 0 Å². The molecule has 1 aromatic carbocycles. The highest BCUT2D eigenvalue weighted by molar-refractivity contribution is 5.23. The van der Waals surface area contributed by atoms with Crippen molar-refractivity contribution in [1.82, 2.24) is 0 Å². The molecule has 0 bridgehead atoms. The Kier molecular flexibility index (Phi) is 5.47. The fraction of sp³-hybridized carbons (Fsp3) is 0.333. The third kappa shape index (κ3) is 4.85. The van der Waals surface area contributed by atoms with Crippen LogP contribution in [0.4, 0.5) is 4.39 Å². The van der Waals surface area contributed by atoms with Gasteiger partial charge in [0.2, 0.25) is 0 Å². The second-order valence-electron chi connectivity index (χ2n) is 4.31. The van der Waals surface area contributed by atoms with Crippen LogP contribution in [0.25, 0.3) is 0 Å². The number of nitrogens with two attached hydrogens (primary N) is 1. The molecule has 1 rings (SSSR count). The molecule has 1 nitrogen and oxygen atoms in total. The van der Waals surface area contributed by atoms with Crippen LogP contribution in [0.15, 0.2) is 54.0 Å². The lowest BCUT2D eigenvalue weighted by atomic mass is 10.0. The van der Waals surface area contributed by atoms with E-state index in [1.807, 2.05) is 18.2 Å². The molecular weight excluding hydrogens is 213 g/mol. The minimum absolute atomic E-state index is 0.0329. The SMILES string of the molecule is C=C(N)/C(F)=C(\C)CCCCc1ccccc1. The summed E-state index contributed by atoms with van der Waals surface area (Å²) in [5.74, 6) is -0.343. The van der Waals surface area contributed by atoms with E-state index in [1.54, 1.807) is 6.92 Å². The lowest BCUT2D eigenvalue weighted by Crippen LogP contribution is -1.97. The smallest absolute Gasteiger partial charge is 0.144 e. The first-order valence-corrected chi connectivity index (χ1v) is 5.95. The van der Waals surface area contributed by atoms with Crippen molar-refractivity contribution in [3.63, 3.8) is 0 Å². The van der Waals surface area contributed by atoms with Gasteiger partial charge in [-0.25, -0.2) is 4.39 Å². The standard InChI is InChI=1S/C15H20FN/c1-12(15(16)13(2)17)8-6-7-11-14-9-4-3-5-10-14/h3-5,9-10H,2,6-8,11,17H2,1H3/b15-12-. The van der Waals surface area contributed by atoms with E-state index in [-0.39, 0.29) is 11.5 Å². The fourth-order valence-electron chi connectivity index (χ4n) is 1.75. The van der Waals surface area contributed by atoms with Gasteiger partial charge < -0.3 is 5.73 Å². The van der Waals surface area contributed by atoms with Gasteiger partial charge in [-0.05, 0) is 43.7 Å². The van der Waals surface area contributed by atoms with Crippen molar-refractivity contribution in [2.75, 3.05) is 0 Å². The Morgan fingerprint density at radius 1 is 1.24 bits per heavy atom. The van der Waals surface area contributed by atoms with Gasteiger partial charge in [0.15, 0.2) is 0 Å². The van der Waals surface area contributed by atoms with Crippen molar-refractivity contribution in [2.24, 2.45) is 5.73 Å². The van der Waals surface area contributed by atoms with Crippen LogP contribution in [0, 0.1) is 0 Å². The third-order valence-electron chi connectivity index (χ3n) is 2.77. The predicted octanol–water partition coefficient (Wildman–Crippen LogP) is 4.12. The summed E-state index contributed by atoms with van der Waals surface area (Å²) >= 11 is 0. The minimum atomic E-state index is -0.343. The summed E-state index contributed by atoms with van der Waals surface area (Å²) in [5, 5.41) is 0. The van der Waals surface area contributed by atoms with Crippen LogP contribution in [-0.4, -0.2) is 0 Å². The molecule has 0 atom stereocenters. The number of hydrogen-bond acceptors (Lipinski definition) is 1. The molecule has 0 saturated heterocycles. The molecule has 0 amide bonds. The molecule has 0 aliphatic carbocycles. The average molecular weight is 233 g/mol. The van der Waals surface area contributed by atoms with Crippen molar-refractivity contribution in [1.29, 1.82) is 0 Å². The number of hydrogen-bond donors (Lipinski definition) is 1. The second-order valence-corrected chi connectivity index (χ2v) is 4.31. The Balaban J connectivity index is 2.30. The van der Waals surface area contributed by atoms with Crippen molar-refractivity contribution >= 4 is 0 Å². The maximum Gasteiger partial charge on any atom is 0.144 e. The lowest BCUT2D eigenvalue weighted by molar-refractivity contribution is 0.617. The van der Waals surface area contributed by atoms with E-state index in [4.69, 9.17) is 5.73 Å². The van der Waals surface area contributed by atoms with Gasteiger partial charge in [0.25, 0.3) is 0 Å². The van der Waals surface area contributed by atoms with Gasteiger partial charge in [-0.2, -0.15) is 0 Å². The van der Waals surface area contributed by atoms with Crippen molar-refractivity contribution in [2.45, 2.75) is 32.6 Å². The van der Waals surface area contributed by atoms with E-state index in [1.165, 1.54) is 5.56 Å². The Morgan fingerprint density at radius 3 is 2.47 bits per heavy atom. The van der Waals surface area contributed by atoms with Gasteiger partial charge in [-0.3, -0.25) is 0 Å². The monoisotopic (exact) mass is 233 g/mol. The molecule has 0 fully saturated rings.